The molecule has 0 saturated carbocycles. The van der Waals surface area contributed by atoms with E-state index in [0.717, 1.165) is 24.2 Å². The van der Waals surface area contributed by atoms with E-state index in [4.69, 9.17) is 5.73 Å². The molecular formula is C12H15N3O2S. The highest BCUT2D eigenvalue weighted by molar-refractivity contribution is 7.92. The fourth-order valence-corrected chi connectivity index (χ4v) is 4.35. The average molecular weight is 265 g/mol. The van der Waals surface area contributed by atoms with Crippen molar-refractivity contribution in [3.8, 4) is 0 Å². The van der Waals surface area contributed by atoms with E-state index in [1.54, 1.807) is 10.5 Å². The molecule has 6 heteroatoms. The van der Waals surface area contributed by atoms with Crippen LogP contribution in [0.4, 0.5) is 5.82 Å². The monoisotopic (exact) mass is 265 g/mol. The number of anilines is 1. The average Bonchev–Trinajstić information content (AvgIpc) is 2.84. The van der Waals surface area contributed by atoms with Crippen LogP contribution >= 0.6 is 0 Å². The van der Waals surface area contributed by atoms with Gasteiger partial charge in [0.2, 0.25) is 0 Å². The smallest absolute Gasteiger partial charge is 0.153 e. The minimum absolute atomic E-state index is 0.274. The summed E-state index contributed by atoms with van der Waals surface area (Å²) in [6, 6.07) is 5.50. The van der Waals surface area contributed by atoms with Crippen LogP contribution in [0.15, 0.2) is 24.4 Å². The summed E-state index contributed by atoms with van der Waals surface area (Å²) in [7, 11) is -2.91. The largest absolute Gasteiger partial charge is 0.385 e. The molecule has 1 fully saturated rings. The summed E-state index contributed by atoms with van der Waals surface area (Å²) in [5.41, 5.74) is 7.39. The van der Waals surface area contributed by atoms with Crippen LogP contribution in [-0.4, -0.2) is 28.8 Å². The van der Waals surface area contributed by atoms with Gasteiger partial charge >= 0.3 is 0 Å². The summed E-state index contributed by atoms with van der Waals surface area (Å²) in [4.78, 5) is 4.42. The maximum atomic E-state index is 11.8. The molecule has 1 atom stereocenters. The van der Waals surface area contributed by atoms with Gasteiger partial charge in [0, 0.05) is 12.6 Å². The number of aromatic nitrogens is 2. The van der Waals surface area contributed by atoms with Crippen molar-refractivity contribution in [2.75, 3.05) is 11.5 Å². The normalized spacial score (nSPS) is 22.6. The van der Waals surface area contributed by atoms with E-state index in [0.29, 0.717) is 18.0 Å². The van der Waals surface area contributed by atoms with Gasteiger partial charge in [-0.3, -0.25) is 4.40 Å². The molecule has 0 aromatic carbocycles. The summed E-state index contributed by atoms with van der Waals surface area (Å²) in [5.74, 6) is 0.924. The van der Waals surface area contributed by atoms with Gasteiger partial charge in [-0.25, -0.2) is 13.4 Å². The zero-order valence-corrected chi connectivity index (χ0v) is 10.7. The van der Waals surface area contributed by atoms with Gasteiger partial charge in [0.05, 0.1) is 16.7 Å². The lowest BCUT2D eigenvalue weighted by Gasteiger charge is -2.05. The van der Waals surface area contributed by atoms with Crippen molar-refractivity contribution >= 4 is 21.3 Å². The molecule has 5 nitrogen and oxygen atoms in total. The van der Waals surface area contributed by atoms with Crippen LogP contribution in [0.5, 0.6) is 0 Å². The third-order valence-corrected chi connectivity index (χ3v) is 5.75. The van der Waals surface area contributed by atoms with Crippen molar-refractivity contribution in [1.82, 2.24) is 9.38 Å². The second-order valence-electron chi connectivity index (χ2n) is 4.75. The molecule has 2 N–H and O–H groups in total. The van der Waals surface area contributed by atoms with E-state index in [1.165, 1.54) is 0 Å². The van der Waals surface area contributed by atoms with Crippen molar-refractivity contribution in [3.63, 3.8) is 0 Å². The zero-order chi connectivity index (χ0) is 12.8. The summed E-state index contributed by atoms with van der Waals surface area (Å²) in [6.45, 7) is 0. The molecule has 1 unspecified atom stereocenters. The number of hydrogen-bond donors (Lipinski definition) is 1. The van der Waals surface area contributed by atoms with E-state index in [-0.39, 0.29) is 5.25 Å². The van der Waals surface area contributed by atoms with Crippen molar-refractivity contribution < 1.29 is 8.42 Å². The number of pyridine rings is 1. The molecule has 1 aliphatic rings. The van der Waals surface area contributed by atoms with Crippen LogP contribution in [0.3, 0.4) is 0 Å². The molecule has 2 aromatic rings. The van der Waals surface area contributed by atoms with Gasteiger partial charge in [0.15, 0.2) is 9.84 Å². The molecule has 0 aliphatic carbocycles. The van der Waals surface area contributed by atoms with Crippen LogP contribution in [-0.2, 0) is 16.3 Å². The predicted molar refractivity (Wildman–Crippen MR) is 70.1 cm³/mol. The first kappa shape index (κ1) is 11.5. The van der Waals surface area contributed by atoms with E-state index in [1.807, 2.05) is 18.3 Å². The number of hydrogen-bond acceptors (Lipinski definition) is 4. The van der Waals surface area contributed by atoms with Crippen molar-refractivity contribution in [1.29, 1.82) is 0 Å². The Kier molecular flexibility index (Phi) is 2.55. The Morgan fingerprint density at radius 2 is 2.28 bits per heavy atom. The Morgan fingerprint density at radius 3 is 2.94 bits per heavy atom. The predicted octanol–water partition coefficient (Wildman–Crippen LogP) is 1.04. The lowest BCUT2D eigenvalue weighted by molar-refractivity contribution is 0.587. The molecule has 3 heterocycles. The quantitative estimate of drug-likeness (QED) is 0.880. The van der Waals surface area contributed by atoms with Crippen LogP contribution in [0.2, 0.25) is 0 Å². The topological polar surface area (TPSA) is 77.5 Å². The first-order valence-electron chi connectivity index (χ1n) is 6.00. The van der Waals surface area contributed by atoms with Crippen LogP contribution < -0.4 is 5.73 Å². The second-order valence-corrected chi connectivity index (χ2v) is 7.15. The van der Waals surface area contributed by atoms with Crippen LogP contribution in [0.1, 0.15) is 18.5 Å². The molecule has 18 heavy (non-hydrogen) atoms. The van der Waals surface area contributed by atoms with Crippen molar-refractivity contribution in [2.45, 2.75) is 24.5 Å². The lowest BCUT2D eigenvalue weighted by Crippen LogP contribution is -2.18. The lowest BCUT2D eigenvalue weighted by atomic mass is 10.2. The van der Waals surface area contributed by atoms with Crippen molar-refractivity contribution in [3.05, 3.63) is 30.1 Å². The van der Waals surface area contributed by atoms with Gasteiger partial charge < -0.3 is 5.73 Å². The highest BCUT2D eigenvalue weighted by atomic mass is 32.2. The number of nitrogens with zero attached hydrogens (tertiary/aromatic N) is 2. The van der Waals surface area contributed by atoms with Gasteiger partial charge in [-0.15, -0.1) is 0 Å². The number of imidazole rings is 1. The highest BCUT2D eigenvalue weighted by Gasteiger charge is 2.31. The number of fused-ring (bicyclic) bond motifs is 1. The molecule has 0 bridgehead atoms. The molecule has 0 amide bonds. The van der Waals surface area contributed by atoms with E-state index in [9.17, 15) is 8.42 Å². The number of nitrogen functional groups attached to an aromatic ring is 1. The van der Waals surface area contributed by atoms with Gasteiger partial charge in [-0.1, -0.05) is 6.07 Å². The Balaban J connectivity index is 1.94. The number of nitrogens with two attached hydrogens (primary N) is 1. The molecule has 3 rings (SSSR count). The minimum Gasteiger partial charge on any atom is -0.385 e. The molecule has 2 aromatic heterocycles. The van der Waals surface area contributed by atoms with E-state index < -0.39 is 9.84 Å². The standard InChI is InChI=1S/C12H15N3O2S/c13-11-4-1-5-12-14-9(8-15(11)12)7-10-3-2-6-18(10,16)17/h1,4-5,8,10H,2-3,6-7,13H2. The maximum absolute atomic E-state index is 11.8. The van der Waals surface area contributed by atoms with Gasteiger partial charge in [-0.05, 0) is 25.0 Å². The third kappa shape index (κ3) is 1.86. The summed E-state index contributed by atoms with van der Waals surface area (Å²) in [5, 5.41) is -0.274. The molecule has 0 spiro atoms. The third-order valence-electron chi connectivity index (χ3n) is 3.47. The molecule has 1 saturated heterocycles. The van der Waals surface area contributed by atoms with Gasteiger partial charge in [0.1, 0.15) is 11.5 Å². The Hall–Kier alpha value is -1.56. The summed E-state index contributed by atoms with van der Waals surface area (Å²) < 4.78 is 25.4. The Labute approximate surface area is 106 Å². The second kappa shape index (κ2) is 3.98. The van der Waals surface area contributed by atoms with Gasteiger partial charge in [0.25, 0.3) is 0 Å². The SMILES string of the molecule is Nc1cccc2nc(CC3CCCS3(=O)=O)cn12. The molecule has 1 aliphatic heterocycles. The number of rotatable bonds is 2. The Bertz CT molecular complexity index is 690. The minimum atomic E-state index is -2.91. The highest BCUT2D eigenvalue weighted by Crippen LogP contribution is 2.23. The van der Waals surface area contributed by atoms with E-state index in [2.05, 4.69) is 4.98 Å². The first-order chi connectivity index (χ1) is 8.56. The van der Waals surface area contributed by atoms with Crippen LogP contribution in [0, 0.1) is 0 Å². The zero-order valence-electron chi connectivity index (χ0n) is 9.91. The molecule has 0 radical (unpaired) electrons. The molecular weight excluding hydrogens is 250 g/mol. The maximum Gasteiger partial charge on any atom is 0.153 e. The van der Waals surface area contributed by atoms with Crippen molar-refractivity contribution in [2.24, 2.45) is 0 Å². The van der Waals surface area contributed by atoms with E-state index >= 15 is 0 Å². The molecule has 96 valence electrons. The van der Waals surface area contributed by atoms with Gasteiger partial charge in [-0.2, -0.15) is 0 Å². The Morgan fingerprint density at radius 1 is 1.44 bits per heavy atom. The number of sulfone groups is 1. The summed E-state index contributed by atoms with van der Waals surface area (Å²) >= 11 is 0. The summed E-state index contributed by atoms with van der Waals surface area (Å²) in [6.07, 6.45) is 3.83. The van der Waals surface area contributed by atoms with Crippen LogP contribution in [0.25, 0.3) is 5.65 Å². The fourth-order valence-electron chi connectivity index (χ4n) is 2.50. The first-order valence-corrected chi connectivity index (χ1v) is 7.72. The fraction of sp³-hybridized carbons (Fsp3) is 0.417.